The largest absolute Gasteiger partial charge is 0.506 e. The van der Waals surface area contributed by atoms with Crippen molar-refractivity contribution in [3.63, 3.8) is 0 Å². The molecule has 12 heavy (non-hydrogen) atoms. The van der Waals surface area contributed by atoms with Crippen LogP contribution in [-0.4, -0.2) is 17.2 Å². The molecule has 0 aliphatic carbocycles. The second kappa shape index (κ2) is 3.26. The highest BCUT2D eigenvalue weighted by Gasteiger charge is 2.05. The van der Waals surface area contributed by atoms with Gasteiger partial charge in [0.2, 0.25) is 5.88 Å². The van der Waals surface area contributed by atoms with E-state index in [0.717, 1.165) is 11.1 Å². The van der Waals surface area contributed by atoms with Gasteiger partial charge in [-0.05, 0) is 18.6 Å². The van der Waals surface area contributed by atoms with Crippen LogP contribution in [0, 0.1) is 0 Å². The van der Waals surface area contributed by atoms with Crippen LogP contribution in [0.15, 0.2) is 18.8 Å². The first-order valence-electron chi connectivity index (χ1n) is 3.54. The Kier molecular flexibility index (Phi) is 2.33. The Morgan fingerprint density at radius 3 is 2.83 bits per heavy atom. The Morgan fingerprint density at radius 2 is 2.33 bits per heavy atom. The van der Waals surface area contributed by atoms with Crippen molar-refractivity contribution < 1.29 is 9.84 Å². The standard InChI is InChI=1S/C9H11NO2/c1-6(2)8-4-7(11)5-10-9(8)12-3/h4-5,11H,1H2,2-3H3. The number of allylic oxidation sites excluding steroid dienone is 1. The average molecular weight is 165 g/mol. The second-order valence-electron chi connectivity index (χ2n) is 2.53. The molecule has 1 heterocycles. The lowest BCUT2D eigenvalue weighted by Crippen LogP contribution is -1.92. The lowest BCUT2D eigenvalue weighted by atomic mass is 10.1. The molecule has 0 unspecified atom stereocenters. The molecule has 0 spiro atoms. The first-order chi connectivity index (χ1) is 5.65. The summed E-state index contributed by atoms with van der Waals surface area (Å²) in [5.41, 5.74) is 1.55. The number of methoxy groups -OCH3 is 1. The predicted molar refractivity (Wildman–Crippen MR) is 47.2 cm³/mol. The van der Waals surface area contributed by atoms with Gasteiger partial charge in [-0.1, -0.05) is 6.58 Å². The van der Waals surface area contributed by atoms with Crippen LogP contribution in [0.25, 0.3) is 5.57 Å². The third kappa shape index (κ3) is 1.56. The van der Waals surface area contributed by atoms with Gasteiger partial charge in [0.1, 0.15) is 5.75 Å². The van der Waals surface area contributed by atoms with Gasteiger partial charge in [0.05, 0.1) is 13.3 Å². The number of ether oxygens (including phenoxy) is 1. The predicted octanol–water partition coefficient (Wildman–Crippen LogP) is 1.83. The van der Waals surface area contributed by atoms with Crippen LogP contribution < -0.4 is 4.74 Å². The van der Waals surface area contributed by atoms with E-state index in [1.807, 2.05) is 6.92 Å². The molecule has 0 aliphatic heterocycles. The summed E-state index contributed by atoms with van der Waals surface area (Å²) in [7, 11) is 1.53. The molecule has 0 fully saturated rings. The minimum Gasteiger partial charge on any atom is -0.506 e. The van der Waals surface area contributed by atoms with Crippen molar-refractivity contribution in [2.75, 3.05) is 7.11 Å². The zero-order valence-electron chi connectivity index (χ0n) is 7.16. The van der Waals surface area contributed by atoms with E-state index < -0.39 is 0 Å². The highest BCUT2D eigenvalue weighted by Crippen LogP contribution is 2.25. The molecule has 1 N–H and O–H groups in total. The van der Waals surface area contributed by atoms with Crippen molar-refractivity contribution >= 4 is 5.57 Å². The zero-order chi connectivity index (χ0) is 9.14. The van der Waals surface area contributed by atoms with Gasteiger partial charge in [-0.15, -0.1) is 0 Å². The fourth-order valence-corrected chi connectivity index (χ4v) is 0.910. The van der Waals surface area contributed by atoms with Crippen molar-refractivity contribution in [1.29, 1.82) is 0 Å². The molecule has 0 aromatic carbocycles. The maximum atomic E-state index is 9.12. The van der Waals surface area contributed by atoms with Crippen LogP contribution in [0.1, 0.15) is 12.5 Å². The van der Waals surface area contributed by atoms with E-state index in [2.05, 4.69) is 11.6 Å². The summed E-state index contributed by atoms with van der Waals surface area (Å²) in [5, 5.41) is 9.12. The van der Waals surface area contributed by atoms with Gasteiger partial charge < -0.3 is 9.84 Å². The van der Waals surface area contributed by atoms with Crippen LogP contribution >= 0.6 is 0 Å². The molecule has 1 aromatic heterocycles. The lowest BCUT2D eigenvalue weighted by molar-refractivity contribution is 0.392. The molecule has 3 heteroatoms. The average Bonchev–Trinajstić information content (AvgIpc) is 2.04. The van der Waals surface area contributed by atoms with Gasteiger partial charge in [-0.25, -0.2) is 4.98 Å². The SMILES string of the molecule is C=C(C)c1cc(O)cnc1OC. The third-order valence-electron chi connectivity index (χ3n) is 1.49. The van der Waals surface area contributed by atoms with Gasteiger partial charge in [-0.3, -0.25) is 0 Å². The van der Waals surface area contributed by atoms with E-state index >= 15 is 0 Å². The number of pyridine rings is 1. The van der Waals surface area contributed by atoms with E-state index in [4.69, 9.17) is 9.84 Å². The molecule has 64 valence electrons. The maximum Gasteiger partial charge on any atom is 0.220 e. The fourth-order valence-electron chi connectivity index (χ4n) is 0.910. The summed E-state index contributed by atoms with van der Waals surface area (Å²) in [6, 6.07) is 1.58. The van der Waals surface area contributed by atoms with E-state index in [1.54, 1.807) is 6.07 Å². The molecule has 0 atom stereocenters. The van der Waals surface area contributed by atoms with Crippen molar-refractivity contribution in [3.05, 3.63) is 24.4 Å². The fraction of sp³-hybridized carbons (Fsp3) is 0.222. The summed E-state index contributed by atoms with van der Waals surface area (Å²) in [5.74, 6) is 0.606. The topological polar surface area (TPSA) is 42.4 Å². The summed E-state index contributed by atoms with van der Waals surface area (Å²) in [4.78, 5) is 3.88. The number of aromatic hydroxyl groups is 1. The van der Waals surface area contributed by atoms with Gasteiger partial charge in [-0.2, -0.15) is 0 Å². The molecule has 0 radical (unpaired) electrons. The van der Waals surface area contributed by atoms with E-state index in [0.29, 0.717) is 5.88 Å². The van der Waals surface area contributed by atoms with Crippen LogP contribution in [0.2, 0.25) is 0 Å². The highest BCUT2D eigenvalue weighted by molar-refractivity contribution is 5.66. The smallest absolute Gasteiger partial charge is 0.220 e. The monoisotopic (exact) mass is 165 g/mol. The van der Waals surface area contributed by atoms with Crippen LogP contribution in [0.4, 0.5) is 0 Å². The van der Waals surface area contributed by atoms with E-state index in [9.17, 15) is 0 Å². The van der Waals surface area contributed by atoms with Gasteiger partial charge in [0.25, 0.3) is 0 Å². The normalized spacial score (nSPS) is 9.50. The van der Waals surface area contributed by atoms with Gasteiger partial charge in [0, 0.05) is 5.56 Å². The number of nitrogens with zero attached hydrogens (tertiary/aromatic N) is 1. The zero-order valence-corrected chi connectivity index (χ0v) is 7.16. The third-order valence-corrected chi connectivity index (χ3v) is 1.49. The number of hydrogen-bond acceptors (Lipinski definition) is 3. The molecule has 0 bridgehead atoms. The molecule has 1 aromatic rings. The van der Waals surface area contributed by atoms with Crippen molar-refractivity contribution in [2.24, 2.45) is 0 Å². The minimum absolute atomic E-state index is 0.119. The second-order valence-corrected chi connectivity index (χ2v) is 2.53. The summed E-state index contributed by atoms with van der Waals surface area (Å²) < 4.78 is 4.98. The van der Waals surface area contributed by atoms with Crippen LogP contribution in [-0.2, 0) is 0 Å². The Morgan fingerprint density at radius 1 is 1.67 bits per heavy atom. The van der Waals surface area contributed by atoms with E-state index in [1.165, 1.54) is 13.3 Å². The molecule has 0 saturated heterocycles. The molecule has 0 saturated carbocycles. The van der Waals surface area contributed by atoms with E-state index in [-0.39, 0.29) is 5.75 Å². The van der Waals surface area contributed by atoms with Crippen LogP contribution in [0.3, 0.4) is 0 Å². The Bertz CT molecular complexity index is 307. The summed E-state index contributed by atoms with van der Waals surface area (Å²) in [6.07, 6.45) is 1.34. The molecular weight excluding hydrogens is 154 g/mol. The Labute approximate surface area is 71.3 Å². The van der Waals surface area contributed by atoms with Crippen molar-refractivity contribution in [3.8, 4) is 11.6 Å². The lowest BCUT2D eigenvalue weighted by Gasteiger charge is -2.06. The van der Waals surface area contributed by atoms with Gasteiger partial charge in [0.15, 0.2) is 0 Å². The Hall–Kier alpha value is -1.51. The first-order valence-corrected chi connectivity index (χ1v) is 3.54. The highest BCUT2D eigenvalue weighted by atomic mass is 16.5. The molecule has 1 rings (SSSR count). The number of hydrogen-bond donors (Lipinski definition) is 1. The number of aromatic nitrogens is 1. The van der Waals surface area contributed by atoms with Crippen molar-refractivity contribution in [1.82, 2.24) is 4.98 Å². The maximum absolute atomic E-state index is 9.12. The molecule has 0 amide bonds. The van der Waals surface area contributed by atoms with Crippen molar-refractivity contribution in [2.45, 2.75) is 6.92 Å². The quantitative estimate of drug-likeness (QED) is 0.726. The van der Waals surface area contributed by atoms with Gasteiger partial charge >= 0.3 is 0 Å². The summed E-state index contributed by atoms with van der Waals surface area (Å²) >= 11 is 0. The Balaban J connectivity index is 3.21. The summed E-state index contributed by atoms with van der Waals surface area (Å²) in [6.45, 7) is 5.58. The molecule has 0 aliphatic rings. The minimum atomic E-state index is 0.119. The molecular formula is C9H11NO2. The number of rotatable bonds is 2. The molecule has 3 nitrogen and oxygen atoms in total. The van der Waals surface area contributed by atoms with Crippen LogP contribution in [0.5, 0.6) is 11.6 Å². The first kappa shape index (κ1) is 8.59.